The van der Waals surface area contributed by atoms with Crippen LogP contribution in [0, 0.1) is 0 Å². The highest BCUT2D eigenvalue weighted by Gasteiger charge is 2.07. The normalized spacial score (nSPS) is 9.79. The summed E-state index contributed by atoms with van der Waals surface area (Å²) in [7, 11) is 2.99. The predicted octanol–water partition coefficient (Wildman–Crippen LogP) is 1.47. The molecular formula is C11H13N5O3. The first-order valence-corrected chi connectivity index (χ1v) is 5.39. The Morgan fingerprint density at radius 1 is 1.26 bits per heavy atom. The van der Waals surface area contributed by atoms with Crippen molar-refractivity contribution in [2.45, 2.75) is 0 Å². The van der Waals surface area contributed by atoms with Gasteiger partial charge in [-0.25, -0.2) is 9.89 Å². The lowest BCUT2D eigenvalue weighted by molar-refractivity contribution is 0.262. The Bertz CT molecular complexity index is 569. The van der Waals surface area contributed by atoms with Gasteiger partial charge in [0.05, 0.1) is 14.2 Å². The summed E-state index contributed by atoms with van der Waals surface area (Å²) in [4.78, 5) is 15.5. The van der Waals surface area contributed by atoms with Crippen LogP contribution in [0.5, 0.6) is 11.8 Å². The number of aromatic amines is 1. The van der Waals surface area contributed by atoms with E-state index in [1.807, 2.05) is 0 Å². The number of hydrogen-bond acceptors (Lipinski definition) is 5. The third-order valence-corrected chi connectivity index (χ3v) is 2.21. The third-order valence-electron chi connectivity index (χ3n) is 2.21. The molecule has 0 spiro atoms. The summed E-state index contributed by atoms with van der Waals surface area (Å²) in [6, 6.07) is 6.68. The maximum absolute atomic E-state index is 11.7. The van der Waals surface area contributed by atoms with Crippen molar-refractivity contribution in [3.63, 3.8) is 0 Å². The number of nitrogens with zero attached hydrogens (tertiary/aromatic N) is 2. The molecule has 0 aliphatic heterocycles. The molecule has 0 aliphatic carbocycles. The summed E-state index contributed by atoms with van der Waals surface area (Å²) >= 11 is 0. The van der Waals surface area contributed by atoms with Gasteiger partial charge >= 0.3 is 12.0 Å². The number of carbonyl (C=O) groups excluding carboxylic acids is 1. The van der Waals surface area contributed by atoms with E-state index in [1.54, 1.807) is 31.4 Å². The lowest BCUT2D eigenvalue weighted by Crippen LogP contribution is -2.20. The van der Waals surface area contributed by atoms with E-state index in [0.29, 0.717) is 11.4 Å². The molecule has 8 nitrogen and oxygen atoms in total. The molecule has 0 unspecified atom stereocenters. The van der Waals surface area contributed by atoms with E-state index in [4.69, 9.17) is 9.47 Å². The second kappa shape index (κ2) is 5.71. The number of urea groups is 1. The Hall–Kier alpha value is -2.77. The van der Waals surface area contributed by atoms with Gasteiger partial charge in [-0.1, -0.05) is 6.07 Å². The van der Waals surface area contributed by atoms with Gasteiger partial charge in [0.15, 0.2) is 0 Å². The molecule has 0 saturated carbocycles. The van der Waals surface area contributed by atoms with Crippen molar-refractivity contribution in [2.75, 3.05) is 24.9 Å². The fourth-order valence-corrected chi connectivity index (χ4v) is 1.36. The smallest absolute Gasteiger partial charge is 0.336 e. The standard InChI is InChI=1S/C11H13N5O3/c1-18-8-5-3-4-7(6-8)12-10(17)13-9-14-11(19-2)16-15-9/h3-6H,1-2H3,(H3,12,13,14,15,16,17). The quantitative estimate of drug-likeness (QED) is 0.775. The minimum atomic E-state index is -0.452. The van der Waals surface area contributed by atoms with Crippen LogP contribution in [-0.4, -0.2) is 35.4 Å². The minimum Gasteiger partial charge on any atom is -0.497 e. The minimum absolute atomic E-state index is 0.150. The summed E-state index contributed by atoms with van der Waals surface area (Å²) in [5, 5.41) is 11.3. The molecule has 0 fully saturated rings. The number of aromatic nitrogens is 3. The summed E-state index contributed by atoms with van der Waals surface area (Å²) in [6.07, 6.45) is 0. The maximum Gasteiger partial charge on any atom is 0.336 e. The molecule has 0 radical (unpaired) electrons. The van der Waals surface area contributed by atoms with Crippen LogP contribution in [0.25, 0.3) is 0 Å². The van der Waals surface area contributed by atoms with Crippen molar-refractivity contribution >= 4 is 17.7 Å². The average molecular weight is 263 g/mol. The van der Waals surface area contributed by atoms with Gasteiger partial charge in [-0.15, -0.1) is 5.10 Å². The fraction of sp³-hybridized carbons (Fsp3) is 0.182. The van der Waals surface area contributed by atoms with E-state index in [1.165, 1.54) is 7.11 Å². The van der Waals surface area contributed by atoms with Crippen molar-refractivity contribution in [1.82, 2.24) is 15.2 Å². The Kier molecular flexibility index (Phi) is 3.81. The first-order chi connectivity index (χ1) is 9.21. The van der Waals surface area contributed by atoms with Gasteiger partial charge in [-0.05, 0) is 12.1 Å². The molecule has 3 N–H and O–H groups in total. The average Bonchev–Trinajstić information content (AvgIpc) is 2.86. The Labute approximate surface area is 109 Å². The molecule has 0 atom stereocenters. The lowest BCUT2D eigenvalue weighted by atomic mass is 10.3. The number of benzene rings is 1. The summed E-state index contributed by atoms with van der Waals surface area (Å²) < 4.78 is 9.84. The molecule has 0 saturated heterocycles. The van der Waals surface area contributed by atoms with E-state index in [0.717, 1.165) is 0 Å². The number of ether oxygens (including phenoxy) is 2. The van der Waals surface area contributed by atoms with Gasteiger partial charge in [0, 0.05) is 11.8 Å². The molecule has 100 valence electrons. The van der Waals surface area contributed by atoms with Crippen LogP contribution in [0.2, 0.25) is 0 Å². The number of methoxy groups -OCH3 is 2. The van der Waals surface area contributed by atoms with E-state index in [2.05, 4.69) is 25.8 Å². The molecule has 1 aromatic heterocycles. The monoisotopic (exact) mass is 263 g/mol. The number of carbonyl (C=O) groups is 1. The largest absolute Gasteiger partial charge is 0.497 e. The number of H-pyrrole nitrogens is 1. The molecule has 0 aliphatic rings. The second-order valence-corrected chi connectivity index (χ2v) is 3.48. The van der Waals surface area contributed by atoms with Crippen molar-refractivity contribution in [3.8, 4) is 11.8 Å². The van der Waals surface area contributed by atoms with Gasteiger partial charge < -0.3 is 14.8 Å². The van der Waals surface area contributed by atoms with Crippen molar-refractivity contribution < 1.29 is 14.3 Å². The number of hydrogen-bond donors (Lipinski definition) is 3. The van der Waals surface area contributed by atoms with Crippen LogP contribution in [0.3, 0.4) is 0 Å². The lowest BCUT2D eigenvalue weighted by Gasteiger charge is -2.06. The third kappa shape index (κ3) is 3.35. The summed E-state index contributed by atoms with van der Waals surface area (Å²) in [5.41, 5.74) is 0.600. The van der Waals surface area contributed by atoms with Crippen molar-refractivity contribution in [1.29, 1.82) is 0 Å². The first kappa shape index (κ1) is 12.7. The zero-order valence-corrected chi connectivity index (χ0v) is 10.4. The van der Waals surface area contributed by atoms with Gasteiger partial charge in [0.2, 0.25) is 5.95 Å². The van der Waals surface area contributed by atoms with Gasteiger partial charge in [0.1, 0.15) is 5.75 Å². The summed E-state index contributed by atoms with van der Waals surface area (Å²) in [5.74, 6) is 0.844. The zero-order chi connectivity index (χ0) is 13.7. The number of amides is 2. The Morgan fingerprint density at radius 2 is 2.11 bits per heavy atom. The Morgan fingerprint density at radius 3 is 2.79 bits per heavy atom. The fourth-order valence-electron chi connectivity index (χ4n) is 1.36. The summed E-state index contributed by atoms with van der Waals surface area (Å²) in [6.45, 7) is 0. The molecule has 1 aromatic carbocycles. The SMILES string of the molecule is COc1cccc(NC(=O)Nc2nc(OC)n[nH]2)c1. The van der Waals surface area contributed by atoms with Crippen LogP contribution in [0.1, 0.15) is 0 Å². The van der Waals surface area contributed by atoms with Crippen LogP contribution >= 0.6 is 0 Å². The zero-order valence-electron chi connectivity index (χ0n) is 10.4. The molecule has 19 heavy (non-hydrogen) atoms. The van der Waals surface area contributed by atoms with Crippen LogP contribution < -0.4 is 20.1 Å². The molecule has 8 heteroatoms. The second-order valence-electron chi connectivity index (χ2n) is 3.48. The molecule has 0 bridgehead atoms. The molecule has 2 aromatic rings. The molecule has 2 rings (SSSR count). The maximum atomic E-state index is 11.7. The van der Waals surface area contributed by atoms with E-state index < -0.39 is 6.03 Å². The molecular weight excluding hydrogens is 250 g/mol. The molecule has 1 heterocycles. The van der Waals surface area contributed by atoms with Crippen LogP contribution in [0.4, 0.5) is 16.4 Å². The Balaban J connectivity index is 1.96. The van der Waals surface area contributed by atoms with E-state index in [9.17, 15) is 4.79 Å². The highest BCUT2D eigenvalue weighted by atomic mass is 16.5. The van der Waals surface area contributed by atoms with Gasteiger partial charge in [-0.3, -0.25) is 5.32 Å². The first-order valence-electron chi connectivity index (χ1n) is 5.39. The highest BCUT2D eigenvalue weighted by Crippen LogP contribution is 2.16. The van der Waals surface area contributed by atoms with Crippen molar-refractivity contribution in [3.05, 3.63) is 24.3 Å². The number of anilines is 2. The number of nitrogens with one attached hydrogen (secondary N) is 3. The van der Waals surface area contributed by atoms with Gasteiger partial charge in [-0.2, -0.15) is 4.98 Å². The van der Waals surface area contributed by atoms with E-state index in [-0.39, 0.29) is 12.0 Å². The topological polar surface area (TPSA) is 101 Å². The van der Waals surface area contributed by atoms with Gasteiger partial charge in [0.25, 0.3) is 0 Å². The van der Waals surface area contributed by atoms with E-state index >= 15 is 0 Å². The molecule has 2 amide bonds. The van der Waals surface area contributed by atoms with Crippen molar-refractivity contribution in [2.24, 2.45) is 0 Å². The van der Waals surface area contributed by atoms with Crippen LogP contribution in [-0.2, 0) is 0 Å². The number of rotatable bonds is 4. The predicted molar refractivity (Wildman–Crippen MR) is 68.6 cm³/mol. The van der Waals surface area contributed by atoms with Crippen LogP contribution in [0.15, 0.2) is 24.3 Å². The highest BCUT2D eigenvalue weighted by molar-refractivity contribution is 5.98.